The number of nitrogens with one attached hydrogen (secondary N) is 3. The normalized spacial score (nSPS) is 15.9. The van der Waals surface area contributed by atoms with Crippen LogP contribution in [-0.4, -0.2) is 72.4 Å². The number of aldehydes is 1. The van der Waals surface area contributed by atoms with Crippen molar-refractivity contribution in [3.05, 3.63) is 71.7 Å². The second kappa shape index (κ2) is 18.9. The Labute approximate surface area is 268 Å². The lowest BCUT2D eigenvalue weighted by atomic mass is 9.94. The van der Waals surface area contributed by atoms with E-state index in [-0.39, 0.29) is 49.4 Å². The Kier molecular flexibility index (Phi) is 14.7. The minimum Gasteiger partial charge on any atom is -0.469 e. The van der Waals surface area contributed by atoms with Crippen LogP contribution < -0.4 is 27.4 Å². The van der Waals surface area contributed by atoms with Crippen molar-refractivity contribution in [2.24, 2.45) is 17.4 Å². The van der Waals surface area contributed by atoms with Crippen molar-refractivity contribution in [3.63, 3.8) is 0 Å². The molecule has 0 radical (unpaired) electrons. The summed E-state index contributed by atoms with van der Waals surface area (Å²) >= 11 is 0. The Morgan fingerprint density at radius 2 is 1.76 bits per heavy atom. The molecular weight excluding hydrogens is 592 g/mol. The van der Waals surface area contributed by atoms with Crippen LogP contribution in [0.25, 0.3) is 0 Å². The maximum Gasteiger partial charge on any atom is 0.246 e. The molecule has 0 unspecified atom stereocenters. The van der Waals surface area contributed by atoms with Crippen LogP contribution in [0.2, 0.25) is 0 Å². The zero-order valence-electron chi connectivity index (χ0n) is 26.0. The molecule has 46 heavy (non-hydrogen) atoms. The largest absolute Gasteiger partial charge is 0.469 e. The van der Waals surface area contributed by atoms with Gasteiger partial charge in [-0.1, -0.05) is 24.3 Å². The number of nitrogens with two attached hydrogens (primary N) is 2. The summed E-state index contributed by atoms with van der Waals surface area (Å²) < 4.78 is 5.43. The lowest BCUT2D eigenvalue weighted by molar-refractivity contribution is -0.131. The summed E-state index contributed by atoms with van der Waals surface area (Å²) in [5.41, 5.74) is 12.4. The quantitative estimate of drug-likeness (QED) is 0.0890. The van der Waals surface area contributed by atoms with E-state index >= 15 is 0 Å². The average molecular weight is 637 g/mol. The Hall–Kier alpha value is -4.78. The summed E-state index contributed by atoms with van der Waals surface area (Å²) in [5, 5.41) is 8.39. The standard InChI is InChI=1S/C33H44N6O7/c34-14-4-3-12-27(32(35)44)37-30(42)19-24-9-1-2-10-25(24)21-36-33(45)28(20-26-11-7-17-46-26)38-29(41)18-23-8-5-15-39(22-23)31(43)13-6-16-40/h1-2,6-7,9-11,13,16-17,23,27-28H,3-5,8,12,14-15,18-22,34H2,(H2,35,44)(H,36,45)(H,37,42)(H,38,41)/b13-6+/t23-,27+,28+/m1/s1. The minimum absolute atomic E-state index is 0.0227. The van der Waals surface area contributed by atoms with Crippen molar-refractivity contribution in [2.45, 2.75) is 70.0 Å². The summed E-state index contributed by atoms with van der Waals surface area (Å²) in [5.74, 6) is -1.61. The molecule has 1 fully saturated rings. The number of carbonyl (C=O) groups excluding carboxylic acids is 6. The molecule has 0 saturated carbocycles. The fourth-order valence-electron chi connectivity index (χ4n) is 5.42. The number of carbonyl (C=O) groups is 6. The molecule has 3 rings (SSSR count). The maximum absolute atomic E-state index is 13.4. The van der Waals surface area contributed by atoms with Crippen molar-refractivity contribution >= 4 is 35.8 Å². The Bertz CT molecular complexity index is 1360. The number of furan rings is 1. The predicted molar refractivity (Wildman–Crippen MR) is 169 cm³/mol. The molecule has 1 aliphatic rings. The number of piperidine rings is 1. The van der Waals surface area contributed by atoms with Gasteiger partial charge >= 0.3 is 0 Å². The third kappa shape index (κ3) is 12.0. The van der Waals surface area contributed by atoms with E-state index in [1.54, 1.807) is 41.3 Å². The van der Waals surface area contributed by atoms with Gasteiger partial charge in [-0.3, -0.25) is 28.8 Å². The SMILES string of the molecule is NCCCC[C@H](NC(=O)Cc1ccccc1CNC(=O)[C@H](Cc1ccco1)NC(=O)C[C@H]1CCCN(C(=O)/C=C/C=O)C1)C(N)=O. The van der Waals surface area contributed by atoms with Crippen LogP contribution in [-0.2, 0) is 48.2 Å². The molecule has 3 atom stereocenters. The first-order valence-corrected chi connectivity index (χ1v) is 15.6. The molecule has 1 aromatic heterocycles. The Morgan fingerprint density at radius 3 is 2.46 bits per heavy atom. The molecular formula is C33H44N6O7. The van der Waals surface area contributed by atoms with Crippen molar-refractivity contribution in [1.29, 1.82) is 0 Å². The highest BCUT2D eigenvalue weighted by Crippen LogP contribution is 2.20. The third-order valence-corrected chi connectivity index (χ3v) is 7.81. The molecule has 2 aromatic rings. The first-order valence-electron chi connectivity index (χ1n) is 15.6. The molecule has 1 aromatic carbocycles. The average Bonchev–Trinajstić information content (AvgIpc) is 3.55. The van der Waals surface area contributed by atoms with Crippen LogP contribution in [0.1, 0.15) is 55.4 Å². The van der Waals surface area contributed by atoms with Crippen LogP contribution in [0.5, 0.6) is 0 Å². The van der Waals surface area contributed by atoms with Crippen LogP contribution in [0, 0.1) is 5.92 Å². The van der Waals surface area contributed by atoms with E-state index in [0.717, 1.165) is 18.9 Å². The number of hydrogen-bond acceptors (Lipinski definition) is 8. The Balaban J connectivity index is 1.61. The van der Waals surface area contributed by atoms with E-state index in [4.69, 9.17) is 15.9 Å². The van der Waals surface area contributed by atoms with E-state index in [1.807, 2.05) is 0 Å². The van der Waals surface area contributed by atoms with E-state index in [9.17, 15) is 28.8 Å². The smallest absolute Gasteiger partial charge is 0.246 e. The van der Waals surface area contributed by atoms with Gasteiger partial charge < -0.3 is 36.7 Å². The summed E-state index contributed by atoms with van der Waals surface area (Å²) in [7, 11) is 0. The Morgan fingerprint density at radius 1 is 1.00 bits per heavy atom. The van der Waals surface area contributed by atoms with E-state index < -0.39 is 23.9 Å². The number of benzene rings is 1. The lowest BCUT2D eigenvalue weighted by Crippen LogP contribution is -2.49. The molecule has 1 saturated heterocycles. The highest BCUT2D eigenvalue weighted by atomic mass is 16.3. The fraction of sp³-hybridized carbons (Fsp3) is 0.455. The molecule has 13 heteroatoms. The summed E-state index contributed by atoms with van der Waals surface area (Å²) in [6.07, 6.45) is 7.86. The van der Waals surface area contributed by atoms with Crippen LogP contribution in [0.15, 0.2) is 59.2 Å². The molecule has 1 aliphatic heterocycles. The van der Waals surface area contributed by atoms with Crippen molar-refractivity contribution in [2.75, 3.05) is 19.6 Å². The van der Waals surface area contributed by atoms with Crippen LogP contribution in [0.4, 0.5) is 0 Å². The topological polar surface area (TPSA) is 207 Å². The number of hydrogen-bond donors (Lipinski definition) is 5. The molecule has 7 N–H and O–H groups in total. The van der Waals surface area contributed by atoms with E-state index in [0.29, 0.717) is 62.1 Å². The van der Waals surface area contributed by atoms with Gasteiger partial charge in [-0.2, -0.15) is 0 Å². The highest BCUT2D eigenvalue weighted by Gasteiger charge is 2.28. The van der Waals surface area contributed by atoms with Gasteiger partial charge in [-0.05, 0) is 73.9 Å². The van der Waals surface area contributed by atoms with Crippen molar-refractivity contribution in [1.82, 2.24) is 20.9 Å². The van der Waals surface area contributed by atoms with Gasteiger partial charge in [0.1, 0.15) is 24.1 Å². The fourth-order valence-corrected chi connectivity index (χ4v) is 5.42. The van der Waals surface area contributed by atoms with Gasteiger partial charge in [0, 0.05) is 38.6 Å². The predicted octanol–water partition coefficient (Wildman–Crippen LogP) is 0.649. The zero-order chi connectivity index (χ0) is 33.3. The minimum atomic E-state index is -0.934. The zero-order valence-corrected chi connectivity index (χ0v) is 26.0. The number of unbranched alkanes of at least 4 members (excludes halogenated alkanes) is 1. The summed E-state index contributed by atoms with van der Waals surface area (Å²) in [6.45, 7) is 1.50. The van der Waals surface area contributed by atoms with Crippen LogP contribution >= 0.6 is 0 Å². The molecule has 0 bridgehead atoms. The van der Waals surface area contributed by atoms with Crippen molar-refractivity contribution in [3.8, 4) is 0 Å². The molecule has 2 heterocycles. The second-order valence-electron chi connectivity index (χ2n) is 11.4. The number of amides is 5. The maximum atomic E-state index is 13.4. The number of nitrogens with zero attached hydrogens (tertiary/aromatic N) is 1. The number of rotatable bonds is 18. The van der Waals surface area contributed by atoms with E-state index in [2.05, 4.69) is 16.0 Å². The first-order chi connectivity index (χ1) is 22.2. The second-order valence-corrected chi connectivity index (χ2v) is 11.4. The van der Waals surface area contributed by atoms with Gasteiger partial charge in [0.2, 0.25) is 29.5 Å². The highest BCUT2D eigenvalue weighted by molar-refractivity contribution is 5.91. The monoisotopic (exact) mass is 636 g/mol. The summed E-state index contributed by atoms with van der Waals surface area (Å²) in [4.78, 5) is 75.6. The molecule has 5 amide bonds. The first kappa shape index (κ1) is 35.7. The van der Waals surface area contributed by atoms with E-state index in [1.165, 1.54) is 12.3 Å². The number of primary amides is 1. The van der Waals surface area contributed by atoms with Gasteiger partial charge in [-0.25, -0.2) is 0 Å². The number of allylic oxidation sites excluding steroid dienone is 1. The molecule has 13 nitrogen and oxygen atoms in total. The van der Waals surface area contributed by atoms with Gasteiger partial charge in [0.05, 0.1) is 12.7 Å². The molecule has 0 spiro atoms. The third-order valence-electron chi connectivity index (χ3n) is 7.81. The van der Waals surface area contributed by atoms with Crippen LogP contribution in [0.3, 0.4) is 0 Å². The molecule has 248 valence electrons. The van der Waals surface area contributed by atoms with Gasteiger partial charge in [0.15, 0.2) is 0 Å². The summed E-state index contributed by atoms with van der Waals surface area (Å²) in [6, 6.07) is 8.80. The molecule has 0 aliphatic carbocycles. The lowest BCUT2D eigenvalue weighted by Gasteiger charge is -2.32. The number of likely N-dealkylation sites (tertiary alicyclic amines) is 1. The van der Waals surface area contributed by atoms with Gasteiger partial charge in [-0.15, -0.1) is 0 Å². The van der Waals surface area contributed by atoms with Crippen molar-refractivity contribution < 1.29 is 33.2 Å². The van der Waals surface area contributed by atoms with Gasteiger partial charge in [0.25, 0.3) is 0 Å².